The summed E-state index contributed by atoms with van der Waals surface area (Å²) in [6, 6.07) is 7.53. The first kappa shape index (κ1) is 11.7. The molecule has 1 aromatic carbocycles. The number of rotatable bonds is 4. The lowest BCUT2D eigenvalue weighted by molar-refractivity contribution is 0.0951. The molecule has 0 fully saturated rings. The summed E-state index contributed by atoms with van der Waals surface area (Å²) in [5.41, 5.74) is 7.54. The molecule has 0 aromatic heterocycles. The van der Waals surface area contributed by atoms with Crippen LogP contribution in [0.25, 0.3) is 0 Å². The van der Waals surface area contributed by atoms with Gasteiger partial charge in [0.05, 0.1) is 0 Å². The second-order valence-corrected chi connectivity index (χ2v) is 3.74. The van der Waals surface area contributed by atoms with Gasteiger partial charge in [-0.15, -0.1) is 0 Å². The molecule has 3 N–H and O–H groups in total. The molecule has 0 saturated heterocycles. The van der Waals surface area contributed by atoms with Crippen molar-refractivity contribution in [2.75, 3.05) is 6.54 Å². The van der Waals surface area contributed by atoms with Crippen molar-refractivity contribution >= 4 is 5.91 Å². The molecule has 3 nitrogen and oxygen atoms in total. The van der Waals surface area contributed by atoms with Crippen LogP contribution in [-0.4, -0.2) is 18.5 Å². The molecule has 1 unspecified atom stereocenters. The Morgan fingerprint density at radius 2 is 2.00 bits per heavy atom. The summed E-state index contributed by atoms with van der Waals surface area (Å²) in [6.07, 6.45) is 0.869. The average Bonchev–Trinajstić information content (AvgIpc) is 2.26. The summed E-state index contributed by atoms with van der Waals surface area (Å²) in [5.74, 6) is -0.0566. The molecule has 82 valence electrons. The van der Waals surface area contributed by atoms with Gasteiger partial charge in [0.1, 0.15) is 0 Å². The highest BCUT2D eigenvalue weighted by Crippen LogP contribution is 2.02. The summed E-state index contributed by atoms with van der Waals surface area (Å²) < 4.78 is 0. The summed E-state index contributed by atoms with van der Waals surface area (Å²) >= 11 is 0. The van der Waals surface area contributed by atoms with Crippen LogP contribution in [0.4, 0.5) is 0 Å². The van der Waals surface area contributed by atoms with Crippen molar-refractivity contribution in [3.05, 3.63) is 35.4 Å². The fourth-order valence-electron chi connectivity index (χ4n) is 1.18. The first-order valence-electron chi connectivity index (χ1n) is 5.24. The minimum absolute atomic E-state index is 0.0411. The predicted octanol–water partition coefficient (Wildman–Crippen LogP) is 1.46. The molecule has 0 aliphatic heterocycles. The van der Waals surface area contributed by atoms with Crippen LogP contribution < -0.4 is 11.1 Å². The second kappa shape index (κ2) is 5.51. The van der Waals surface area contributed by atoms with Crippen molar-refractivity contribution in [3.8, 4) is 0 Å². The highest BCUT2D eigenvalue weighted by atomic mass is 16.1. The molecule has 1 rings (SSSR count). The summed E-state index contributed by atoms with van der Waals surface area (Å²) in [7, 11) is 0. The summed E-state index contributed by atoms with van der Waals surface area (Å²) in [6.45, 7) is 4.53. The number of nitrogens with two attached hydrogens (primary N) is 1. The van der Waals surface area contributed by atoms with Gasteiger partial charge < -0.3 is 11.1 Å². The Labute approximate surface area is 90.7 Å². The minimum Gasteiger partial charge on any atom is -0.350 e. The number of nitrogens with one attached hydrogen (secondary N) is 1. The molecule has 0 spiro atoms. The third-order valence-corrected chi connectivity index (χ3v) is 2.36. The Morgan fingerprint density at radius 1 is 1.40 bits per heavy atom. The maximum absolute atomic E-state index is 11.6. The monoisotopic (exact) mass is 206 g/mol. The highest BCUT2D eigenvalue weighted by Gasteiger charge is 2.05. The van der Waals surface area contributed by atoms with Crippen molar-refractivity contribution in [1.29, 1.82) is 0 Å². The maximum atomic E-state index is 11.6. The van der Waals surface area contributed by atoms with Crippen LogP contribution in [0.5, 0.6) is 0 Å². The Morgan fingerprint density at radius 3 is 2.53 bits per heavy atom. The molecule has 0 aliphatic rings. The van der Waals surface area contributed by atoms with E-state index in [1.54, 1.807) is 0 Å². The van der Waals surface area contributed by atoms with Gasteiger partial charge >= 0.3 is 0 Å². The minimum atomic E-state index is -0.0566. The summed E-state index contributed by atoms with van der Waals surface area (Å²) in [5, 5.41) is 2.81. The molecular weight excluding hydrogens is 188 g/mol. The van der Waals surface area contributed by atoms with Crippen LogP contribution >= 0.6 is 0 Å². The summed E-state index contributed by atoms with van der Waals surface area (Å²) in [4.78, 5) is 11.6. The van der Waals surface area contributed by atoms with Gasteiger partial charge in [0.2, 0.25) is 0 Å². The molecule has 0 bridgehead atoms. The molecule has 0 saturated carbocycles. The fraction of sp³-hybridized carbons (Fsp3) is 0.417. The van der Waals surface area contributed by atoms with Gasteiger partial charge in [-0.25, -0.2) is 0 Å². The van der Waals surface area contributed by atoms with Gasteiger partial charge in [0, 0.05) is 18.2 Å². The second-order valence-electron chi connectivity index (χ2n) is 3.74. The molecule has 0 radical (unpaired) electrons. The van der Waals surface area contributed by atoms with E-state index in [0.717, 1.165) is 12.0 Å². The van der Waals surface area contributed by atoms with Gasteiger partial charge in [-0.2, -0.15) is 0 Å². The SMILES string of the molecule is CCC(N)CNC(=O)c1ccc(C)cc1. The zero-order chi connectivity index (χ0) is 11.3. The van der Waals surface area contributed by atoms with Crippen LogP contribution in [0.3, 0.4) is 0 Å². The lowest BCUT2D eigenvalue weighted by Crippen LogP contribution is -2.36. The van der Waals surface area contributed by atoms with Crippen molar-refractivity contribution in [2.24, 2.45) is 5.73 Å². The Hall–Kier alpha value is -1.35. The normalized spacial score (nSPS) is 12.2. The number of hydrogen-bond donors (Lipinski definition) is 2. The van der Waals surface area contributed by atoms with Gasteiger partial charge in [0.15, 0.2) is 0 Å². The van der Waals surface area contributed by atoms with E-state index in [2.05, 4.69) is 5.32 Å². The van der Waals surface area contributed by atoms with E-state index in [4.69, 9.17) is 5.73 Å². The lowest BCUT2D eigenvalue weighted by Gasteiger charge is -2.10. The van der Waals surface area contributed by atoms with Crippen molar-refractivity contribution < 1.29 is 4.79 Å². The molecule has 0 heterocycles. The largest absolute Gasteiger partial charge is 0.350 e. The van der Waals surface area contributed by atoms with Crippen LogP contribution in [0.2, 0.25) is 0 Å². The third kappa shape index (κ3) is 3.72. The topological polar surface area (TPSA) is 55.1 Å². The Kier molecular flexibility index (Phi) is 4.31. The zero-order valence-corrected chi connectivity index (χ0v) is 9.29. The first-order valence-corrected chi connectivity index (χ1v) is 5.24. The van der Waals surface area contributed by atoms with E-state index in [9.17, 15) is 4.79 Å². The Balaban J connectivity index is 2.50. The number of benzene rings is 1. The van der Waals surface area contributed by atoms with Crippen LogP contribution in [0.15, 0.2) is 24.3 Å². The van der Waals surface area contributed by atoms with E-state index in [1.165, 1.54) is 0 Å². The standard InChI is InChI=1S/C12H18N2O/c1-3-11(13)8-14-12(15)10-6-4-9(2)5-7-10/h4-7,11H,3,8,13H2,1-2H3,(H,14,15). The third-order valence-electron chi connectivity index (χ3n) is 2.36. The van der Waals surface area contributed by atoms with E-state index in [0.29, 0.717) is 12.1 Å². The molecule has 15 heavy (non-hydrogen) atoms. The number of hydrogen-bond acceptors (Lipinski definition) is 2. The van der Waals surface area contributed by atoms with Crippen molar-refractivity contribution in [1.82, 2.24) is 5.32 Å². The lowest BCUT2D eigenvalue weighted by atomic mass is 10.1. The number of amides is 1. The average molecular weight is 206 g/mol. The quantitative estimate of drug-likeness (QED) is 0.783. The van der Waals surface area contributed by atoms with Crippen LogP contribution in [0.1, 0.15) is 29.3 Å². The predicted molar refractivity (Wildman–Crippen MR) is 61.8 cm³/mol. The number of carbonyl (C=O) groups is 1. The number of carbonyl (C=O) groups excluding carboxylic acids is 1. The smallest absolute Gasteiger partial charge is 0.251 e. The molecule has 1 atom stereocenters. The van der Waals surface area contributed by atoms with Crippen LogP contribution in [-0.2, 0) is 0 Å². The fourth-order valence-corrected chi connectivity index (χ4v) is 1.18. The highest BCUT2D eigenvalue weighted by molar-refractivity contribution is 5.94. The molecule has 0 aliphatic carbocycles. The first-order chi connectivity index (χ1) is 7.13. The Bertz CT molecular complexity index is 319. The number of aryl methyl sites for hydroxylation is 1. The van der Waals surface area contributed by atoms with E-state index in [1.807, 2.05) is 38.1 Å². The molecular formula is C12H18N2O. The zero-order valence-electron chi connectivity index (χ0n) is 9.29. The van der Waals surface area contributed by atoms with E-state index in [-0.39, 0.29) is 11.9 Å². The van der Waals surface area contributed by atoms with Crippen molar-refractivity contribution in [2.45, 2.75) is 26.3 Å². The van der Waals surface area contributed by atoms with Crippen molar-refractivity contribution in [3.63, 3.8) is 0 Å². The van der Waals surface area contributed by atoms with Gasteiger partial charge in [0.25, 0.3) is 5.91 Å². The van der Waals surface area contributed by atoms with E-state index >= 15 is 0 Å². The molecule has 1 aromatic rings. The molecule has 3 heteroatoms. The van der Waals surface area contributed by atoms with Crippen LogP contribution in [0, 0.1) is 6.92 Å². The maximum Gasteiger partial charge on any atom is 0.251 e. The van der Waals surface area contributed by atoms with E-state index < -0.39 is 0 Å². The van der Waals surface area contributed by atoms with Gasteiger partial charge in [-0.05, 0) is 25.5 Å². The van der Waals surface area contributed by atoms with Gasteiger partial charge in [-0.1, -0.05) is 24.6 Å². The molecule has 1 amide bonds. The van der Waals surface area contributed by atoms with Gasteiger partial charge in [-0.3, -0.25) is 4.79 Å².